The average molecular weight is 341 g/mol. The molecule has 0 aliphatic rings. The molecule has 0 fully saturated rings. The molecule has 0 saturated heterocycles. The zero-order chi connectivity index (χ0) is 13.8. The highest BCUT2D eigenvalue weighted by atomic mass is 79.9. The molecule has 0 aromatic heterocycles. The van der Waals surface area contributed by atoms with E-state index in [0.717, 1.165) is 21.3 Å². The van der Waals surface area contributed by atoms with Gasteiger partial charge in [-0.3, -0.25) is 0 Å². The van der Waals surface area contributed by atoms with Crippen molar-refractivity contribution in [3.8, 4) is 5.75 Å². The molecule has 1 unspecified atom stereocenters. The summed E-state index contributed by atoms with van der Waals surface area (Å²) in [7, 11) is 0. The van der Waals surface area contributed by atoms with E-state index in [0.29, 0.717) is 11.6 Å². The smallest absolute Gasteiger partial charge is 0.124 e. The van der Waals surface area contributed by atoms with Crippen LogP contribution in [0.3, 0.4) is 0 Å². The van der Waals surface area contributed by atoms with Crippen LogP contribution in [0.4, 0.5) is 0 Å². The monoisotopic (exact) mass is 339 g/mol. The topological polar surface area (TPSA) is 35.2 Å². The Morgan fingerprint density at radius 2 is 1.84 bits per heavy atom. The van der Waals surface area contributed by atoms with Gasteiger partial charge in [0.25, 0.3) is 0 Å². The van der Waals surface area contributed by atoms with Crippen LogP contribution in [0.2, 0.25) is 5.02 Å². The number of benzene rings is 2. The second-order valence-corrected chi connectivity index (χ2v) is 5.32. The van der Waals surface area contributed by atoms with E-state index in [2.05, 4.69) is 15.9 Å². The van der Waals surface area contributed by atoms with E-state index in [1.807, 2.05) is 49.4 Å². The largest absolute Gasteiger partial charge is 0.494 e. The van der Waals surface area contributed by atoms with E-state index in [-0.39, 0.29) is 6.04 Å². The zero-order valence-electron chi connectivity index (χ0n) is 10.6. The molecule has 1 atom stereocenters. The summed E-state index contributed by atoms with van der Waals surface area (Å²) in [6.07, 6.45) is 0. The Bertz CT molecular complexity index is 574. The molecule has 2 aromatic carbocycles. The lowest BCUT2D eigenvalue weighted by atomic mass is 9.99. The summed E-state index contributed by atoms with van der Waals surface area (Å²) in [4.78, 5) is 0. The van der Waals surface area contributed by atoms with Crippen molar-refractivity contribution >= 4 is 27.5 Å². The van der Waals surface area contributed by atoms with Crippen LogP contribution < -0.4 is 10.5 Å². The SMILES string of the molecule is CCOc1ccccc1C(N)c1cccc(Br)c1Cl. The van der Waals surface area contributed by atoms with Gasteiger partial charge in [-0.2, -0.15) is 0 Å². The molecule has 0 aliphatic carbocycles. The van der Waals surface area contributed by atoms with Crippen LogP contribution in [0, 0.1) is 0 Å². The number of hydrogen-bond acceptors (Lipinski definition) is 2. The number of halogens is 2. The fourth-order valence-corrected chi connectivity index (χ4v) is 2.58. The third-order valence-electron chi connectivity index (χ3n) is 2.87. The Morgan fingerprint density at radius 3 is 2.58 bits per heavy atom. The molecule has 0 spiro atoms. The van der Waals surface area contributed by atoms with Crippen LogP contribution in [0.1, 0.15) is 24.1 Å². The zero-order valence-corrected chi connectivity index (χ0v) is 12.9. The van der Waals surface area contributed by atoms with Gasteiger partial charge in [0.1, 0.15) is 5.75 Å². The highest BCUT2D eigenvalue weighted by Crippen LogP contribution is 2.35. The van der Waals surface area contributed by atoms with Crippen LogP contribution in [-0.2, 0) is 0 Å². The van der Waals surface area contributed by atoms with Crippen LogP contribution in [0.5, 0.6) is 5.75 Å². The maximum atomic E-state index is 6.33. The number of hydrogen-bond donors (Lipinski definition) is 1. The Morgan fingerprint density at radius 1 is 1.16 bits per heavy atom. The van der Waals surface area contributed by atoms with Crippen molar-refractivity contribution in [2.24, 2.45) is 5.73 Å². The standard InChI is InChI=1S/C15H15BrClNO/c1-2-19-13-9-4-3-6-10(13)15(18)11-7-5-8-12(16)14(11)17/h3-9,15H,2,18H2,1H3. The second kappa shape index (κ2) is 6.42. The molecule has 0 saturated carbocycles. The molecular weight excluding hydrogens is 326 g/mol. The Kier molecular flexibility index (Phi) is 4.86. The Labute approximate surface area is 126 Å². The quantitative estimate of drug-likeness (QED) is 0.886. The van der Waals surface area contributed by atoms with Crippen LogP contribution in [0.15, 0.2) is 46.9 Å². The molecule has 0 bridgehead atoms. The van der Waals surface area contributed by atoms with Crippen molar-refractivity contribution < 1.29 is 4.74 Å². The second-order valence-electron chi connectivity index (χ2n) is 4.09. The molecule has 2 aromatic rings. The number of nitrogens with two attached hydrogens (primary N) is 1. The van der Waals surface area contributed by atoms with Crippen molar-refractivity contribution in [3.05, 3.63) is 63.1 Å². The van der Waals surface area contributed by atoms with Gasteiger partial charge in [0.05, 0.1) is 17.7 Å². The van der Waals surface area contributed by atoms with Crippen LogP contribution in [0.25, 0.3) is 0 Å². The van der Waals surface area contributed by atoms with Crippen molar-refractivity contribution in [1.82, 2.24) is 0 Å². The molecule has 2 rings (SSSR count). The highest BCUT2D eigenvalue weighted by molar-refractivity contribution is 9.10. The first kappa shape index (κ1) is 14.4. The maximum Gasteiger partial charge on any atom is 0.124 e. The molecule has 0 amide bonds. The van der Waals surface area contributed by atoms with Gasteiger partial charge < -0.3 is 10.5 Å². The molecule has 0 heterocycles. The number of para-hydroxylation sites is 1. The van der Waals surface area contributed by atoms with Crippen molar-refractivity contribution in [3.63, 3.8) is 0 Å². The summed E-state index contributed by atoms with van der Waals surface area (Å²) >= 11 is 9.72. The third-order valence-corrected chi connectivity index (χ3v) is 4.18. The Hall–Kier alpha value is -1.03. The van der Waals surface area contributed by atoms with Crippen LogP contribution in [-0.4, -0.2) is 6.61 Å². The van der Waals surface area contributed by atoms with Gasteiger partial charge in [0.15, 0.2) is 0 Å². The third kappa shape index (κ3) is 3.11. The first-order valence-corrected chi connectivity index (χ1v) is 7.23. The van der Waals surface area contributed by atoms with Gasteiger partial charge in [0, 0.05) is 10.0 Å². The van der Waals surface area contributed by atoms with E-state index in [4.69, 9.17) is 22.1 Å². The first-order valence-electron chi connectivity index (χ1n) is 6.06. The van der Waals surface area contributed by atoms with E-state index < -0.39 is 0 Å². The lowest BCUT2D eigenvalue weighted by Crippen LogP contribution is -2.14. The Balaban J connectivity index is 2.44. The average Bonchev–Trinajstić information content (AvgIpc) is 2.42. The molecule has 19 heavy (non-hydrogen) atoms. The van der Waals surface area contributed by atoms with E-state index >= 15 is 0 Å². The summed E-state index contributed by atoms with van der Waals surface area (Å²) in [6, 6.07) is 13.2. The van der Waals surface area contributed by atoms with Gasteiger partial charge in [-0.1, -0.05) is 41.9 Å². The number of ether oxygens (including phenoxy) is 1. The normalized spacial score (nSPS) is 12.2. The minimum Gasteiger partial charge on any atom is -0.494 e. The van der Waals surface area contributed by atoms with E-state index in [1.165, 1.54) is 0 Å². The predicted octanol–water partition coefficient (Wildman–Crippen LogP) is 4.55. The van der Waals surface area contributed by atoms with Gasteiger partial charge in [0.2, 0.25) is 0 Å². The molecule has 4 heteroatoms. The molecule has 100 valence electrons. The summed E-state index contributed by atoms with van der Waals surface area (Å²) in [5.74, 6) is 0.800. The van der Waals surface area contributed by atoms with Gasteiger partial charge in [-0.05, 0) is 40.5 Å². The lowest BCUT2D eigenvalue weighted by Gasteiger charge is -2.18. The summed E-state index contributed by atoms with van der Waals surface area (Å²) in [5, 5.41) is 0.640. The summed E-state index contributed by atoms with van der Waals surface area (Å²) in [6.45, 7) is 2.56. The van der Waals surface area contributed by atoms with Gasteiger partial charge >= 0.3 is 0 Å². The summed E-state index contributed by atoms with van der Waals surface area (Å²) < 4.78 is 6.46. The maximum absolute atomic E-state index is 6.33. The molecular formula is C15H15BrClNO. The molecule has 2 nitrogen and oxygen atoms in total. The number of rotatable bonds is 4. The van der Waals surface area contributed by atoms with Crippen molar-refractivity contribution in [1.29, 1.82) is 0 Å². The molecule has 0 aliphatic heterocycles. The molecule has 0 radical (unpaired) electrons. The molecule has 2 N–H and O–H groups in total. The summed E-state index contributed by atoms with van der Waals surface area (Å²) in [5.41, 5.74) is 8.14. The van der Waals surface area contributed by atoms with E-state index in [1.54, 1.807) is 0 Å². The highest BCUT2D eigenvalue weighted by Gasteiger charge is 2.17. The van der Waals surface area contributed by atoms with Crippen molar-refractivity contribution in [2.45, 2.75) is 13.0 Å². The van der Waals surface area contributed by atoms with Crippen molar-refractivity contribution in [2.75, 3.05) is 6.61 Å². The first-order chi connectivity index (χ1) is 9.15. The minimum absolute atomic E-state index is 0.312. The predicted molar refractivity (Wildman–Crippen MR) is 82.8 cm³/mol. The van der Waals surface area contributed by atoms with Crippen LogP contribution >= 0.6 is 27.5 Å². The van der Waals surface area contributed by atoms with Gasteiger partial charge in [-0.25, -0.2) is 0 Å². The lowest BCUT2D eigenvalue weighted by molar-refractivity contribution is 0.335. The van der Waals surface area contributed by atoms with E-state index in [9.17, 15) is 0 Å². The minimum atomic E-state index is -0.312. The fraction of sp³-hybridized carbons (Fsp3) is 0.200. The van der Waals surface area contributed by atoms with Gasteiger partial charge in [-0.15, -0.1) is 0 Å². The fourth-order valence-electron chi connectivity index (χ4n) is 1.95.